The molecule has 0 spiro atoms. The van der Waals surface area contributed by atoms with E-state index >= 15 is 0 Å². The number of pyridine rings is 2. The standard InChI is InChI=1S/C14H12BrN7/c15-9-4-5-11(18-7-9)22-14-12(16)13(19-8-20-14)21-10-3-1-2-6-17-10/h1-8H,16H2,(H2,17,18,19,20,21,22). The summed E-state index contributed by atoms with van der Waals surface area (Å²) in [6.07, 6.45) is 4.79. The molecule has 3 aromatic rings. The van der Waals surface area contributed by atoms with Crippen molar-refractivity contribution in [1.29, 1.82) is 0 Å². The number of hydrogen-bond acceptors (Lipinski definition) is 7. The fourth-order valence-corrected chi connectivity index (χ4v) is 1.96. The molecule has 3 rings (SSSR count). The Labute approximate surface area is 135 Å². The molecule has 0 amide bonds. The molecule has 3 heterocycles. The maximum absolute atomic E-state index is 6.09. The summed E-state index contributed by atoms with van der Waals surface area (Å²) in [7, 11) is 0. The number of nitrogens with two attached hydrogens (primary N) is 1. The van der Waals surface area contributed by atoms with Crippen LogP contribution in [0.2, 0.25) is 0 Å². The zero-order valence-electron chi connectivity index (χ0n) is 11.4. The summed E-state index contributed by atoms with van der Waals surface area (Å²) in [6.45, 7) is 0. The fourth-order valence-electron chi connectivity index (χ4n) is 1.72. The zero-order chi connectivity index (χ0) is 15.4. The molecule has 22 heavy (non-hydrogen) atoms. The molecule has 0 bridgehead atoms. The van der Waals surface area contributed by atoms with Gasteiger partial charge >= 0.3 is 0 Å². The summed E-state index contributed by atoms with van der Waals surface area (Å²) < 4.78 is 0.895. The van der Waals surface area contributed by atoms with Gasteiger partial charge in [0.05, 0.1) is 0 Å². The zero-order valence-corrected chi connectivity index (χ0v) is 12.9. The summed E-state index contributed by atoms with van der Waals surface area (Å²) in [5.74, 6) is 2.24. The highest BCUT2D eigenvalue weighted by Crippen LogP contribution is 2.27. The molecular formula is C14H12BrN7. The molecule has 4 N–H and O–H groups in total. The maximum atomic E-state index is 6.09. The Hall–Kier alpha value is -2.74. The van der Waals surface area contributed by atoms with Crippen molar-refractivity contribution in [3.8, 4) is 0 Å². The summed E-state index contributed by atoms with van der Waals surface area (Å²) in [4.78, 5) is 16.7. The molecule has 0 fully saturated rings. The highest BCUT2D eigenvalue weighted by atomic mass is 79.9. The predicted octanol–water partition coefficient (Wildman–Crippen LogP) is 3.10. The first-order chi connectivity index (χ1) is 10.7. The number of halogens is 1. The Balaban J connectivity index is 1.84. The summed E-state index contributed by atoms with van der Waals surface area (Å²) in [5, 5.41) is 6.11. The van der Waals surface area contributed by atoms with Gasteiger partial charge < -0.3 is 16.4 Å². The molecule has 0 saturated heterocycles. The van der Waals surface area contributed by atoms with Crippen molar-refractivity contribution in [2.45, 2.75) is 0 Å². The first-order valence-corrected chi connectivity index (χ1v) is 7.19. The average molecular weight is 358 g/mol. The van der Waals surface area contributed by atoms with Crippen molar-refractivity contribution in [2.24, 2.45) is 0 Å². The van der Waals surface area contributed by atoms with E-state index in [0.717, 1.165) is 4.47 Å². The van der Waals surface area contributed by atoms with Gasteiger partial charge in [0.15, 0.2) is 11.6 Å². The fraction of sp³-hybridized carbons (Fsp3) is 0. The Kier molecular flexibility index (Phi) is 4.10. The number of nitrogen functional groups attached to an aromatic ring is 1. The second kappa shape index (κ2) is 6.35. The second-order valence-corrected chi connectivity index (χ2v) is 5.23. The summed E-state index contributed by atoms with van der Waals surface area (Å²) >= 11 is 3.34. The number of hydrogen-bond donors (Lipinski definition) is 3. The number of nitrogens with one attached hydrogen (secondary N) is 2. The SMILES string of the molecule is Nc1c(Nc2ccccn2)ncnc1Nc1ccc(Br)cn1. The molecule has 7 nitrogen and oxygen atoms in total. The van der Waals surface area contributed by atoms with Crippen molar-refractivity contribution in [2.75, 3.05) is 16.4 Å². The predicted molar refractivity (Wildman–Crippen MR) is 89.2 cm³/mol. The van der Waals surface area contributed by atoms with Crippen LogP contribution < -0.4 is 16.4 Å². The van der Waals surface area contributed by atoms with E-state index in [9.17, 15) is 0 Å². The number of anilines is 5. The van der Waals surface area contributed by atoms with Crippen LogP contribution in [0.5, 0.6) is 0 Å². The van der Waals surface area contributed by atoms with Crippen molar-refractivity contribution in [1.82, 2.24) is 19.9 Å². The minimum absolute atomic E-state index is 0.387. The molecule has 3 aromatic heterocycles. The van der Waals surface area contributed by atoms with Crippen molar-refractivity contribution < 1.29 is 0 Å². The van der Waals surface area contributed by atoms with Gasteiger partial charge in [0.25, 0.3) is 0 Å². The molecule has 110 valence electrons. The summed E-state index contributed by atoms with van der Waals surface area (Å²) in [5.41, 5.74) is 6.48. The van der Waals surface area contributed by atoms with E-state index in [1.165, 1.54) is 6.33 Å². The Bertz CT molecular complexity index is 762. The molecular weight excluding hydrogens is 346 g/mol. The van der Waals surface area contributed by atoms with Gasteiger partial charge in [-0.15, -0.1) is 0 Å². The average Bonchev–Trinajstić information content (AvgIpc) is 2.54. The first-order valence-electron chi connectivity index (χ1n) is 6.39. The molecule has 0 aliphatic heterocycles. The van der Waals surface area contributed by atoms with Gasteiger partial charge in [-0.25, -0.2) is 19.9 Å². The van der Waals surface area contributed by atoms with Crippen molar-refractivity contribution in [3.05, 3.63) is 53.5 Å². The van der Waals surface area contributed by atoms with Crippen LogP contribution in [0.3, 0.4) is 0 Å². The lowest BCUT2D eigenvalue weighted by Gasteiger charge is -2.11. The van der Waals surface area contributed by atoms with Crippen LogP contribution in [0.15, 0.2) is 53.5 Å². The third-order valence-corrected chi connectivity index (χ3v) is 3.24. The molecule has 0 unspecified atom stereocenters. The van der Waals surface area contributed by atoms with Gasteiger partial charge in [0.1, 0.15) is 23.7 Å². The normalized spacial score (nSPS) is 10.2. The van der Waals surface area contributed by atoms with E-state index in [1.54, 1.807) is 12.4 Å². The van der Waals surface area contributed by atoms with E-state index in [0.29, 0.717) is 29.0 Å². The Morgan fingerprint density at radius 2 is 1.59 bits per heavy atom. The molecule has 0 aromatic carbocycles. The lowest BCUT2D eigenvalue weighted by atomic mass is 10.4. The maximum Gasteiger partial charge on any atom is 0.160 e. The summed E-state index contributed by atoms with van der Waals surface area (Å²) in [6, 6.07) is 9.22. The van der Waals surface area contributed by atoms with E-state index < -0.39 is 0 Å². The number of aromatic nitrogens is 4. The Morgan fingerprint density at radius 1 is 0.864 bits per heavy atom. The molecule has 0 aliphatic rings. The van der Waals surface area contributed by atoms with E-state index in [-0.39, 0.29) is 0 Å². The molecule has 0 saturated carbocycles. The van der Waals surface area contributed by atoms with Crippen LogP contribution in [0.25, 0.3) is 0 Å². The minimum Gasteiger partial charge on any atom is -0.393 e. The van der Waals surface area contributed by atoms with Crippen LogP contribution in [0, 0.1) is 0 Å². The van der Waals surface area contributed by atoms with Crippen LogP contribution in [0.4, 0.5) is 29.0 Å². The number of rotatable bonds is 4. The van der Waals surface area contributed by atoms with Crippen molar-refractivity contribution >= 4 is 44.9 Å². The van der Waals surface area contributed by atoms with Crippen LogP contribution in [0.1, 0.15) is 0 Å². The second-order valence-electron chi connectivity index (χ2n) is 4.31. The quantitative estimate of drug-likeness (QED) is 0.659. The lowest BCUT2D eigenvalue weighted by Crippen LogP contribution is -2.06. The third kappa shape index (κ3) is 3.29. The molecule has 8 heteroatoms. The van der Waals surface area contributed by atoms with Crippen LogP contribution in [-0.2, 0) is 0 Å². The van der Waals surface area contributed by atoms with Crippen LogP contribution in [-0.4, -0.2) is 19.9 Å². The molecule has 0 radical (unpaired) electrons. The van der Waals surface area contributed by atoms with Crippen LogP contribution >= 0.6 is 15.9 Å². The van der Waals surface area contributed by atoms with E-state index in [2.05, 4.69) is 46.5 Å². The van der Waals surface area contributed by atoms with Gasteiger partial charge in [0.2, 0.25) is 0 Å². The van der Waals surface area contributed by atoms with Gasteiger partial charge in [0, 0.05) is 16.9 Å². The van der Waals surface area contributed by atoms with Crippen molar-refractivity contribution in [3.63, 3.8) is 0 Å². The lowest BCUT2D eigenvalue weighted by molar-refractivity contribution is 1.15. The van der Waals surface area contributed by atoms with Gasteiger partial charge in [-0.3, -0.25) is 0 Å². The monoisotopic (exact) mass is 357 g/mol. The topological polar surface area (TPSA) is 102 Å². The minimum atomic E-state index is 0.387. The highest BCUT2D eigenvalue weighted by Gasteiger charge is 2.09. The molecule has 0 atom stereocenters. The first kappa shape index (κ1) is 14.2. The van der Waals surface area contributed by atoms with Gasteiger partial charge in [-0.1, -0.05) is 6.07 Å². The molecule has 0 aliphatic carbocycles. The number of nitrogens with zero attached hydrogens (tertiary/aromatic N) is 4. The van der Waals surface area contributed by atoms with E-state index in [4.69, 9.17) is 5.73 Å². The largest absolute Gasteiger partial charge is 0.393 e. The highest BCUT2D eigenvalue weighted by molar-refractivity contribution is 9.10. The van der Waals surface area contributed by atoms with Gasteiger partial charge in [-0.05, 0) is 40.2 Å². The Morgan fingerprint density at radius 3 is 2.18 bits per heavy atom. The smallest absolute Gasteiger partial charge is 0.160 e. The third-order valence-electron chi connectivity index (χ3n) is 2.77. The van der Waals surface area contributed by atoms with E-state index in [1.807, 2.05) is 30.3 Å². The van der Waals surface area contributed by atoms with Gasteiger partial charge in [-0.2, -0.15) is 0 Å².